The van der Waals surface area contributed by atoms with Gasteiger partial charge in [0.15, 0.2) is 0 Å². The number of nitriles is 1. The van der Waals surface area contributed by atoms with Gasteiger partial charge >= 0.3 is 0 Å². The average molecular weight is 263 g/mol. The van der Waals surface area contributed by atoms with Crippen molar-refractivity contribution in [1.82, 2.24) is 9.80 Å². The van der Waals surface area contributed by atoms with Gasteiger partial charge in [0.1, 0.15) is 0 Å². The van der Waals surface area contributed by atoms with E-state index < -0.39 is 5.41 Å². The molecule has 104 valence electrons. The second-order valence-electron chi connectivity index (χ2n) is 5.83. The number of piperidine rings is 1. The van der Waals surface area contributed by atoms with Crippen molar-refractivity contribution >= 4 is 11.8 Å². The lowest BCUT2D eigenvalue weighted by molar-refractivity contribution is -0.135. The lowest BCUT2D eigenvalue weighted by Gasteiger charge is -2.36. The first-order valence-corrected chi connectivity index (χ1v) is 7.01. The van der Waals surface area contributed by atoms with E-state index in [0.717, 1.165) is 32.4 Å². The molecule has 2 fully saturated rings. The quantitative estimate of drug-likeness (QED) is 0.767. The van der Waals surface area contributed by atoms with Gasteiger partial charge in [-0.3, -0.25) is 9.59 Å². The van der Waals surface area contributed by atoms with Gasteiger partial charge in [-0.15, -0.1) is 0 Å². The van der Waals surface area contributed by atoms with Crippen LogP contribution in [0.4, 0.5) is 0 Å². The fourth-order valence-electron chi connectivity index (χ4n) is 2.87. The number of likely N-dealkylation sites (tertiary alicyclic amines) is 2. The monoisotopic (exact) mass is 263 g/mol. The van der Waals surface area contributed by atoms with E-state index in [9.17, 15) is 9.59 Å². The second kappa shape index (κ2) is 5.60. The highest BCUT2D eigenvalue weighted by Gasteiger charge is 2.33. The van der Waals surface area contributed by atoms with Gasteiger partial charge in [-0.05, 0) is 26.2 Å². The Labute approximate surface area is 114 Å². The fraction of sp³-hybridized carbons (Fsp3) is 0.786. The van der Waals surface area contributed by atoms with E-state index in [0.29, 0.717) is 25.9 Å². The predicted molar refractivity (Wildman–Crippen MR) is 70.0 cm³/mol. The normalized spacial score (nSPS) is 27.5. The van der Waals surface area contributed by atoms with Crippen LogP contribution in [-0.4, -0.2) is 47.8 Å². The largest absolute Gasteiger partial charge is 0.342 e. The van der Waals surface area contributed by atoms with Crippen LogP contribution in [0.15, 0.2) is 0 Å². The van der Waals surface area contributed by atoms with E-state index in [1.54, 1.807) is 9.80 Å². The third-order valence-corrected chi connectivity index (χ3v) is 4.09. The van der Waals surface area contributed by atoms with Gasteiger partial charge in [0, 0.05) is 39.0 Å². The summed E-state index contributed by atoms with van der Waals surface area (Å²) < 4.78 is 0. The maximum Gasteiger partial charge on any atom is 0.224 e. The number of hydrogen-bond acceptors (Lipinski definition) is 3. The van der Waals surface area contributed by atoms with Gasteiger partial charge < -0.3 is 9.80 Å². The van der Waals surface area contributed by atoms with Crippen molar-refractivity contribution in [2.45, 2.75) is 39.0 Å². The number of amides is 2. The first kappa shape index (κ1) is 13.9. The van der Waals surface area contributed by atoms with Crippen molar-refractivity contribution in [2.24, 2.45) is 5.41 Å². The Kier molecular flexibility index (Phi) is 4.08. The highest BCUT2D eigenvalue weighted by atomic mass is 16.2. The van der Waals surface area contributed by atoms with E-state index in [1.807, 2.05) is 6.92 Å². The third kappa shape index (κ3) is 3.25. The molecular weight excluding hydrogens is 242 g/mol. The van der Waals surface area contributed by atoms with Crippen molar-refractivity contribution in [1.29, 1.82) is 5.26 Å². The minimum absolute atomic E-state index is 0.0703. The number of hydrogen-bond donors (Lipinski definition) is 0. The molecule has 1 atom stereocenters. The summed E-state index contributed by atoms with van der Waals surface area (Å²) in [5.74, 6) is 0.231. The average Bonchev–Trinajstić information content (AvgIpc) is 2.81. The summed E-state index contributed by atoms with van der Waals surface area (Å²) in [6.45, 7) is 4.48. The molecule has 0 aromatic heterocycles. The lowest BCUT2D eigenvalue weighted by atomic mass is 9.83. The molecule has 0 N–H and O–H groups in total. The summed E-state index contributed by atoms with van der Waals surface area (Å²) in [6, 6.07) is 2.31. The first-order chi connectivity index (χ1) is 9.04. The smallest absolute Gasteiger partial charge is 0.224 e. The van der Waals surface area contributed by atoms with Gasteiger partial charge in [-0.2, -0.15) is 5.26 Å². The highest BCUT2D eigenvalue weighted by molar-refractivity contribution is 5.80. The molecule has 0 aromatic rings. The van der Waals surface area contributed by atoms with E-state index >= 15 is 0 Å². The Hall–Kier alpha value is -1.57. The predicted octanol–water partition coefficient (Wildman–Crippen LogP) is 1.15. The maximum atomic E-state index is 12.1. The number of nitrogens with zero attached hydrogens (tertiary/aromatic N) is 3. The molecule has 0 saturated carbocycles. The van der Waals surface area contributed by atoms with E-state index in [-0.39, 0.29) is 11.8 Å². The SMILES string of the molecule is CC1(C#N)CCCN(C(=O)CCN2CCCC2=O)C1. The van der Waals surface area contributed by atoms with E-state index in [2.05, 4.69) is 6.07 Å². The molecule has 0 spiro atoms. The van der Waals surface area contributed by atoms with Crippen LogP contribution >= 0.6 is 0 Å². The molecule has 0 radical (unpaired) electrons. The maximum absolute atomic E-state index is 12.1. The molecule has 2 aliphatic heterocycles. The van der Waals surface area contributed by atoms with Crippen LogP contribution in [0.2, 0.25) is 0 Å². The topological polar surface area (TPSA) is 64.4 Å². The molecule has 1 unspecified atom stereocenters. The van der Waals surface area contributed by atoms with Crippen LogP contribution in [-0.2, 0) is 9.59 Å². The van der Waals surface area contributed by atoms with Crippen LogP contribution in [0.25, 0.3) is 0 Å². The summed E-state index contributed by atoms with van der Waals surface area (Å²) in [5, 5.41) is 9.15. The molecule has 2 aliphatic rings. The molecule has 2 rings (SSSR count). The Bertz CT molecular complexity index is 415. The van der Waals surface area contributed by atoms with Crippen molar-refractivity contribution in [3.63, 3.8) is 0 Å². The van der Waals surface area contributed by atoms with Crippen LogP contribution in [0.1, 0.15) is 39.0 Å². The van der Waals surface area contributed by atoms with Crippen LogP contribution in [0.5, 0.6) is 0 Å². The summed E-state index contributed by atoms with van der Waals surface area (Å²) >= 11 is 0. The van der Waals surface area contributed by atoms with E-state index in [1.165, 1.54) is 0 Å². The van der Waals surface area contributed by atoms with Crippen molar-refractivity contribution in [3.05, 3.63) is 0 Å². The highest BCUT2D eigenvalue weighted by Crippen LogP contribution is 2.28. The molecule has 5 nitrogen and oxygen atoms in total. The Morgan fingerprint density at radius 3 is 2.84 bits per heavy atom. The fourth-order valence-corrected chi connectivity index (χ4v) is 2.87. The van der Waals surface area contributed by atoms with Gasteiger partial charge in [0.2, 0.25) is 11.8 Å². The van der Waals surface area contributed by atoms with Crippen molar-refractivity contribution in [2.75, 3.05) is 26.2 Å². The number of rotatable bonds is 3. The standard InChI is InChI=1S/C14H21N3O2/c1-14(10-15)6-3-8-17(11-14)13(19)5-9-16-7-2-4-12(16)18/h2-9,11H2,1H3. The Morgan fingerprint density at radius 1 is 1.42 bits per heavy atom. The van der Waals surface area contributed by atoms with Crippen molar-refractivity contribution < 1.29 is 9.59 Å². The second-order valence-corrected chi connectivity index (χ2v) is 5.83. The zero-order valence-electron chi connectivity index (χ0n) is 11.5. The van der Waals surface area contributed by atoms with E-state index in [4.69, 9.17) is 5.26 Å². The zero-order chi connectivity index (χ0) is 13.9. The molecular formula is C14H21N3O2. The lowest BCUT2D eigenvalue weighted by Crippen LogP contribution is -2.45. The molecule has 0 aromatic carbocycles. The molecule has 0 bridgehead atoms. The van der Waals surface area contributed by atoms with Gasteiger partial charge in [0.25, 0.3) is 0 Å². The van der Waals surface area contributed by atoms with Gasteiger partial charge in [0.05, 0.1) is 11.5 Å². The van der Waals surface area contributed by atoms with Crippen LogP contribution in [0.3, 0.4) is 0 Å². The molecule has 2 amide bonds. The molecule has 2 saturated heterocycles. The third-order valence-electron chi connectivity index (χ3n) is 4.09. The number of carbonyl (C=O) groups is 2. The number of carbonyl (C=O) groups excluding carboxylic acids is 2. The Balaban J connectivity index is 1.83. The van der Waals surface area contributed by atoms with Gasteiger partial charge in [-0.25, -0.2) is 0 Å². The summed E-state index contributed by atoms with van der Waals surface area (Å²) in [7, 11) is 0. The minimum Gasteiger partial charge on any atom is -0.342 e. The Morgan fingerprint density at radius 2 is 2.21 bits per heavy atom. The molecule has 2 heterocycles. The molecule has 19 heavy (non-hydrogen) atoms. The zero-order valence-corrected chi connectivity index (χ0v) is 11.5. The van der Waals surface area contributed by atoms with Crippen LogP contribution in [0, 0.1) is 16.7 Å². The summed E-state index contributed by atoms with van der Waals surface area (Å²) in [6.07, 6.45) is 3.65. The van der Waals surface area contributed by atoms with Gasteiger partial charge in [-0.1, -0.05) is 0 Å². The molecule has 5 heteroatoms. The molecule has 0 aliphatic carbocycles. The van der Waals surface area contributed by atoms with Crippen molar-refractivity contribution in [3.8, 4) is 6.07 Å². The minimum atomic E-state index is -0.405. The summed E-state index contributed by atoms with van der Waals surface area (Å²) in [4.78, 5) is 27.2. The van der Waals surface area contributed by atoms with Crippen LogP contribution < -0.4 is 0 Å². The first-order valence-electron chi connectivity index (χ1n) is 7.01. The summed E-state index contributed by atoms with van der Waals surface area (Å²) in [5.41, 5.74) is -0.405.